The molecule has 1 N–H and O–H groups in total. The number of hydrogen-bond acceptors (Lipinski definition) is 1. The average Bonchev–Trinajstić information content (AvgIpc) is 1.89. The lowest BCUT2D eigenvalue weighted by Gasteiger charge is -2.04. The minimum Gasteiger partial charge on any atom is -0.393 e. The molecule has 0 fully saturated rings. The van der Waals surface area contributed by atoms with E-state index in [-0.39, 0.29) is 43.3 Å². The van der Waals surface area contributed by atoms with Crippen LogP contribution in [-0.4, -0.2) is 11.2 Å². The van der Waals surface area contributed by atoms with Gasteiger partial charge in [-0.1, -0.05) is 33.1 Å². The van der Waals surface area contributed by atoms with E-state index in [0.717, 1.165) is 12.8 Å². The fourth-order valence-electron chi connectivity index (χ4n) is 0.834. The highest BCUT2D eigenvalue weighted by Gasteiger charge is 1.97. The summed E-state index contributed by atoms with van der Waals surface area (Å²) in [6, 6.07) is 0. The second-order valence-corrected chi connectivity index (χ2v) is 2.56. The fourth-order valence-corrected chi connectivity index (χ4v) is 0.834. The van der Waals surface area contributed by atoms with E-state index in [4.69, 9.17) is 5.11 Å². The number of aliphatic hydroxyl groups is 1. The molecule has 0 aliphatic carbocycles. The van der Waals surface area contributed by atoms with E-state index >= 15 is 0 Å². The zero-order valence-electron chi connectivity index (χ0n) is 7.78. The van der Waals surface area contributed by atoms with Crippen molar-refractivity contribution in [3.8, 4) is 0 Å². The van der Waals surface area contributed by atoms with Gasteiger partial charge in [0.05, 0.1) is 6.10 Å². The minimum absolute atomic E-state index is 0. The smallest absolute Gasteiger partial charge is 0.0537 e. The summed E-state index contributed by atoms with van der Waals surface area (Å²) >= 11 is 0. The quantitative estimate of drug-likeness (QED) is 0.727. The first-order valence-corrected chi connectivity index (χ1v) is 3.99. The van der Waals surface area contributed by atoms with Crippen LogP contribution in [0.1, 0.15) is 46.0 Å². The van der Waals surface area contributed by atoms with Crippen molar-refractivity contribution >= 4 is 37.2 Å². The van der Waals surface area contributed by atoms with Gasteiger partial charge in [0.2, 0.25) is 0 Å². The number of rotatable bonds is 5. The van der Waals surface area contributed by atoms with E-state index < -0.39 is 0 Å². The van der Waals surface area contributed by atoms with Crippen molar-refractivity contribution < 1.29 is 5.11 Å². The van der Waals surface area contributed by atoms with Gasteiger partial charge in [0.15, 0.2) is 0 Å². The average molecular weight is 240 g/mol. The van der Waals surface area contributed by atoms with E-state index in [1.54, 1.807) is 0 Å². The molecule has 0 aromatic heterocycles. The third kappa shape index (κ3) is 17.1. The van der Waals surface area contributed by atoms with Crippen LogP contribution < -0.4 is 0 Å². The molecule has 0 rings (SSSR count). The van der Waals surface area contributed by atoms with Crippen LogP contribution in [0.5, 0.6) is 0 Å². The maximum absolute atomic E-state index is 9.08. The Labute approximate surface area is 94.5 Å². The van der Waals surface area contributed by atoms with E-state index in [1.807, 2.05) is 6.92 Å². The van der Waals surface area contributed by atoms with Crippen molar-refractivity contribution in [1.29, 1.82) is 0 Å². The summed E-state index contributed by atoms with van der Waals surface area (Å²) in [5, 5.41) is 9.08. The molecule has 0 amide bonds. The largest absolute Gasteiger partial charge is 0.393 e. The Hall–Kier alpha value is 0.830. The molecule has 0 radical (unpaired) electrons. The third-order valence-corrected chi connectivity index (χ3v) is 1.61. The van der Waals surface area contributed by atoms with Crippen LogP contribution >= 0.6 is 37.2 Å². The molecule has 0 spiro atoms. The summed E-state index contributed by atoms with van der Waals surface area (Å²) in [5.41, 5.74) is 0. The highest BCUT2D eigenvalue weighted by molar-refractivity contribution is 5.86. The number of halogens is 3. The Morgan fingerprint density at radius 3 is 1.83 bits per heavy atom. The van der Waals surface area contributed by atoms with Crippen LogP contribution in [0.4, 0.5) is 0 Å². The lowest BCUT2D eigenvalue weighted by molar-refractivity contribution is 0.156. The first-order chi connectivity index (χ1) is 4.31. The van der Waals surface area contributed by atoms with Crippen LogP contribution in [0.3, 0.4) is 0 Å². The number of unbranched alkanes of at least 4 members (excludes halogenated alkanes) is 2. The molecule has 0 saturated heterocycles. The SMILES string of the molecule is CCCCCC(O)CC.Cl.Cl.Cl. The Bertz CT molecular complexity index is 62.3. The minimum atomic E-state index is -0.0449. The second kappa shape index (κ2) is 17.8. The van der Waals surface area contributed by atoms with Crippen molar-refractivity contribution in [1.82, 2.24) is 0 Å². The van der Waals surface area contributed by atoms with Gasteiger partial charge in [-0.05, 0) is 12.8 Å². The molecule has 1 atom stereocenters. The summed E-state index contributed by atoms with van der Waals surface area (Å²) < 4.78 is 0. The summed E-state index contributed by atoms with van der Waals surface area (Å²) in [4.78, 5) is 0. The van der Waals surface area contributed by atoms with Gasteiger partial charge in [-0.25, -0.2) is 0 Å². The molecule has 0 bridgehead atoms. The predicted octanol–water partition coefficient (Wildman–Crippen LogP) is 3.60. The Kier molecular flexibility index (Phi) is 34.2. The Morgan fingerprint density at radius 1 is 1.00 bits per heavy atom. The summed E-state index contributed by atoms with van der Waals surface area (Å²) in [7, 11) is 0. The molecule has 0 aromatic rings. The topological polar surface area (TPSA) is 20.2 Å². The van der Waals surface area contributed by atoms with Gasteiger partial charge >= 0.3 is 0 Å². The van der Waals surface area contributed by atoms with Crippen LogP contribution in [-0.2, 0) is 0 Å². The van der Waals surface area contributed by atoms with Crippen LogP contribution in [0.15, 0.2) is 0 Å². The lowest BCUT2D eigenvalue weighted by Crippen LogP contribution is -2.02. The van der Waals surface area contributed by atoms with Crippen molar-refractivity contribution in [2.24, 2.45) is 0 Å². The normalized spacial score (nSPS) is 10.2. The molecule has 1 nitrogen and oxygen atoms in total. The molecule has 0 heterocycles. The third-order valence-electron chi connectivity index (χ3n) is 1.61. The van der Waals surface area contributed by atoms with Gasteiger partial charge in [0, 0.05) is 0 Å². The van der Waals surface area contributed by atoms with E-state index in [2.05, 4.69) is 6.92 Å². The van der Waals surface area contributed by atoms with E-state index in [0.29, 0.717) is 0 Å². The zero-order valence-corrected chi connectivity index (χ0v) is 10.2. The van der Waals surface area contributed by atoms with Gasteiger partial charge in [-0.15, -0.1) is 37.2 Å². The molecule has 12 heavy (non-hydrogen) atoms. The maximum Gasteiger partial charge on any atom is 0.0537 e. The van der Waals surface area contributed by atoms with E-state index in [9.17, 15) is 0 Å². The summed E-state index contributed by atoms with van der Waals surface area (Å²) in [6.07, 6.45) is 5.55. The Morgan fingerprint density at radius 2 is 1.50 bits per heavy atom. The lowest BCUT2D eigenvalue weighted by atomic mass is 10.1. The first kappa shape index (κ1) is 23.0. The maximum atomic E-state index is 9.08. The molecule has 0 saturated carbocycles. The molecule has 0 aromatic carbocycles. The van der Waals surface area contributed by atoms with Gasteiger partial charge in [-0.3, -0.25) is 0 Å². The molecule has 0 aliphatic heterocycles. The summed E-state index contributed by atoms with van der Waals surface area (Å²) in [5.74, 6) is 0. The second-order valence-electron chi connectivity index (χ2n) is 2.56. The monoisotopic (exact) mass is 238 g/mol. The van der Waals surface area contributed by atoms with Crippen LogP contribution in [0.2, 0.25) is 0 Å². The van der Waals surface area contributed by atoms with Gasteiger partial charge in [-0.2, -0.15) is 0 Å². The number of aliphatic hydroxyl groups excluding tert-OH is 1. The Balaban J connectivity index is -0.000000107. The van der Waals surface area contributed by atoms with Gasteiger partial charge < -0.3 is 5.11 Å². The molecular formula is C8H21Cl3O. The van der Waals surface area contributed by atoms with E-state index in [1.165, 1.54) is 19.3 Å². The van der Waals surface area contributed by atoms with Crippen molar-refractivity contribution in [3.05, 3.63) is 0 Å². The van der Waals surface area contributed by atoms with Crippen molar-refractivity contribution in [2.75, 3.05) is 0 Å². The van der Waals surface area contributed by atoms with Crippen molar-refractivity contribution in [3.63, 3.8) is 0 Å². The standard InChI is InChI=1S/C8H18O.3ClH/c1-3-5-6-7-8(9)4-2;;;/h8-9H,3-7H2,1-2H3;3*1H. The number of hydrogen-bond donors (Lipinski definition) is 1. The fraction of sp³-hybridized carbons (Fsp3) is 1.00. The van der Waals surface area contributed by atoms with Crippen LogP contribution in [0.25, 0.3) is 0 Å². The van der Waals surface area contributed by atoms with Crippen LogP contribution in [0, 0.1) is 0 Å². The first-order valence-electron chi connectivity index (χ1n) is 3.99. The van der Waals surface area contributed by atoms with Crippen molar-refractivity contribution in [2.45, 2.75) is 52.1 Å². The highest BCUT2D eigenvalue weighted by atomic mass is 35.5. The molecule has 0 aliphatic rings. The summed E-state index contributed by atoms with van der Waals surface area (Å²) in [6.45, 7) is 4.20. The van der Waals surface area contributed by atoms with Gasteiger partial charge in [0.1, 0.15) is 0 Å². The highest BCUT2D eigenvalue weighted by Crippen LogP contribution is 2.04. The van der Waals surface area contributed by atoms with Gasteiger partial charge in [0.25, 0.3) is 0 Å². The molecule has 1 unspecified atom stereocenters. The zero-order chi connectivity index (χ0) is 7.11. The molecule has 4 heteroatoms. The predicted molar refractivity (Wildman–Crippen MR) is 62.2 cm³/mol. The molecule has 80 valence electrons. The molecular weight excluding hydrogens is 218 g/mol.